The van der Waals surface area contributed by atoms with Crippen LogP contribution in [0.4, 0.5) is 11.6 Å². The van der Waals surface area contributed by atoms with Crippen LogP contribution in [0.5, 0.6) is 0 Å². The van der Waals surface area contributed by atoms with Crippen molar-refractivity contribution in [2.75, 3.05) is 23.3 Å². The van der Waals surface area contributed by atoms with Gasteiger partial charge in [-0.3, -0.25) is 4.79 Å². The molecule has 0 aliphatic carbocycles. The fourth-order valence-electron chi connectivity index (χ4n) is 3.06. The van der Waals surface area contributed by atoms with Crippen LogP contribution in [0, 0.1) is 0 Å². The van der Waals surface area contributed by atoms with E-state index in [2.05, 4.69) is 51.4 Å². The Morgan fingerprint density at radius 1 is 1.20 bits per heavy atom. The lowest BCUT2D eigenvalue weighted by molar-refractivity contribution is 0.467. The predicted molar refractivity (Wildman–Crippen MR) is 99.1 cm³/mol. The Hall–Kier alpha value is -2.44. The van der Waals surface area contributed by atoms with E-state index in [1.54, 1.807) is 6.07 Å². The van der Waals surface area contributed by atoms with Crippen molar-refractivity contribution in [3.63, 3.8) is 0 Å². The van der Waals surface area contributed by atoms with Gasteiger partial charge in [0.15, 0.2) is 0 Å². The number of nitrogens with one attached hydrogen (secondary N) is 2. The van der Waals surface area contributed by atoms with Gasteiger partial charge in [-0.15, -0.1) is 5.10 Å². The number of aromatic nitrogens is 4. The molecule has 0 aromatic carbocycles. The highest BCUT2D eigenvalue weighted by atomic mass is 16.1. The Morgan fingerprint density at radius 3 is 2.68 bits per heavy atom. The summed E-state index contributed by atoms with van der Waals surface area (Å²) >= 11 is 0. The molecule has 1 aliphatic heterocycles. The van der Waals surface area contributed by atoms with Crippen molar-refractivity contribution < 1.29 is 0 Å². The summed E-state index contributed by atoms with van der Waals surface area (Å²) in [6.07, 6.45) is 3.42. The minimum Gasteiger partial charge on any atom is -0.367 e. The van der Waals surface area contributed by atoms with Gasteiger partial charge in [-0.1, -0.05) is 20.8 Å². The number of hydrogen-bond donors (Lipinski definition) is 2. The molecule has 1 aliphatic rings. The summed E-state index contributed by atoms with van der Waals surface area (Å²) in [5, 5.41) is 18.7. The number of anilines is 2. The highest BCUT2D eigenvalue weighted by Gasteiger charge is 2.24. The van der Waals surface area contributed by atoms with E-state index in [0.717, 1.165) is 43.3 Å². The second-order valence-electron chi connectivity index (χ2n) is 7.56. The smallest absolute Gasteiger partial charge is 0.264 e. The first-order valence-corrected chi connectivity index (χ1v) is 8.84. The molecular formula is C18H26N6O. The van der Waals surface area contributed by atoms with Gasteiger partial charge in [0, 0.05) is 30.6 Å². The third kappa shape index (κ3) is 4.35. The van der Waals surface area contributed by atoms with E-state index >= 15 is 0 Å². The SMILES string of the molecule is CC(C)(C)c1ccc(NCC2CCCCN2c2ccc(=O)[nH]n2)nn1. The monoisotopic (exact) mass is 342 g/mol. The molecule has 134 valence electrons. The van der Waals surface area contributed by atoms with Gasteiger partial charge in [-0.2, -0.15) is 10.2 Å². The lowest BCUT2D eigenvalue weighted by atomic mass is 9.92. The summed E-state index contributed by atoms with van der Waals surface area (Å²) in [5.41, 5.74) is 0.807. The predicted octanol–water partition coefficient (Wildman–Crippen LogP) is 2.33. The Kier molecular flexibility index (Phi) is 5.01. The normalized spacial score (nSPS) is 18.2. The number of aromatic amines is 1. The maximum atomic E-state index is 11.2. The van der Waals surface area contributed by atoms with E-state index < -0.39 is 0 Å². The molecule has 7 nitrogen and oxygen atoms in total. The topological polar surface area (TPSA) is 86.8 Å². The van der Waals surface area contributed by atoms with Crippen molar-refractivity contribution in [2.45, 2.75) is 51.5 Å². The van der Waals surface area contributed by atoms with Gasteiger partial charge < -0.3 is 10.2 Å². The number of piperidine rings is 1. The molecule has 0 bridgehead atoms. The minimum atomic E-state index is -0.176. The van der Waals surface area contributed by atoms with Gasteiger partial charge in [-0.05, 0) is 37.5 Å². The van der Waals surface area contributed by atoms with E-state index in [1.807, 2.05) is 12.1 Å². The maximum Gasteiger partial charge on any atom is 0.264 e. The zero-order valence-corrected chi connectivity index (χ0v) is 15.1. The van der Waals surface area contributed by atoms with Crippen molar-refractivity contribution in [3.05, 3.63) is 40.3 Å². The molecule has 1 saturated heterocycles. The summed E-state index contributed by atoms with van der Waals surface area (Å²) < 4.78 is 0. The fourth-order valence-corrected chi connectivity index (χ4v) is 3.06. The van der Waals surface area contributed by atoms with Crippen LogP contribution in [0.2, 0.25) is 0 Å². The van der Waals surface area contributed by atoms with Gasteiger partial charge >= 0.3 is 0 Å². The third-order valence-corrected chi connectivity index (χ3v) is 4.54. The molecule has 0 saturated carbocycles. The summed E-state index contributed by atoms with van der Waals surface area (Å²) in [4.78, 5) is 13.5. The summed E-state index contributed by atoms with van der Waals surface area (Å²) in [6, 6.07) is 7.64. The number of nitrogens with zero attached hydrogens (tertiary/aromatic N) is 4. The fraction of sp³-hybridized carbons (Fsp3) is 0.556. The van der Waals surface area contributed by atoms with Crippen LogP contribution in [0.3, 0.4) is 0 Å². The Balaban J connectivity index is 1.66. The number of rotatable bonds is 4. The first-order chi connectivity index (χ1) is 11.9. The molecule has 3 heterocycles. The van der Waals surface area contributed by atoms with Gasteiger partial charge in [0.25, 0.3) is 5.56 Å². The Labute approximate surface area is 147 Å². The highest BCUT2D eigenvalue weighted by Crippen LogP contribution is 2.23. The van der Waals surface area contributed by atoms with Crippen molar-refractivity contribution in [3.8, 4) is 0 Å². The zero-order chi connectivity index (χ0) is 17.9. The lowest BCUT2D eigenvalue weighted by Gasteiger charge is -2.36. The van der Waals surface area contributed by atoms with Gasteiger partial charge in [-0.25, -0.2) is 5.10 Å². The molecule has 0 spiro atoms. The summed E-state index contributed by atoms with van der Waals surface area (Å²) in [5.74, 6) is 1.60. The van der Waals surface area contributed by atoms with Crippen LogP contribution in [0.1, 0.15) is 45.7 Å². The third-order valence-electron chi connectivity index (χ3n) is 4.54. The molecule has 1 unspecified atom stereocenters. The summed E-state index contributed by atoms with van der Waals surface area (Å²) in [7, 11) is 0. The van der Waals surface area contributed by atoms with E-state index in [9.17, 15) is 4.79 Å². The Morgan fingerprint density at radius 2 is 2.04 bits per heavy atom. The average molecular weight is 342 g/mol. The molecule has 2 N–H and O–H groups in total. The lowest BCUT2D eigenvalue weighted by Crippen LogP contribution is -2.44. The van der Waals surface area contributed by atoms with E-state index in [4.69, 9.17) is 0 Å². The largest absolute Gasteiger partial charge is 0.367 e. The van der Waals surface area contributed by atoms with Crippen molar-refractivity contribution in [1.82, 2.24) is 20.4 Å². The number of H-pyrrole nitrogens is 1. The van der Waals surface area contributed by atoms with Crippen LogP contribution in [0.25, 0.3) is 0 Å². The van der Waals surface area contributed by atoms with E-state index in [1.165, 1.54) is 12.5 Å². The second-order valence-corrected chi connectivity index (χ2v) is 7.56. The van der Waals surface area contributed by atoms with E-state index in [0.29, 0.717) is 6.04 Å². The second kappa shape index (κ2) is 7.21. The Bertz CT molecular complexity index is 729. The van der Waals surface area contributed by atoms with Crippen LogP contribution in [-0.4, -0.2) is 39.5 Å². The van der Waals surface area contributed by atoms with Crippen LogP contribution >= 0.6 is 0 Å². The first-order valence-electron chi connectivity index (χ1n) is 8.84. The molecule has 1 fully saturated rings. The first kappa shape index (κ1) is 17.4. The van der Waals surface area contributed by atoms with Gasteiger partial charge in [0.05, 0.1) is 5.69 Å². The average Bonchev–Trinajstić information content (AvgIpc) is 2.61. The highest BCUT2D eigenvalue weighted by molar-refractivity contribution is 5.40. The van der Waals surface area contributed by atoms with Crippen LogP contribution < -0.4 is 15.8 Å². The van der Waals surface area contributed by atoms with Crippen molar-refractivity contribution >= 4 is 11.6 Å². The molecular weight excluding hydrogens is 316 g/mol. The molecule has 2 aromatic heterocycles. The minimum absolute atomic E-state index is 0.00158. The molecule has 0 radical (unpaired) electrons. The molecule has 3 rings (SSSR count). The quantitative estimate of drug-likeness (QED) is 0.887. The molecule has 25 heavy (non-hydrogen) atoms. The molecule has 1 atom stereocenters. The van der Waals surface area contributed by atoms with Crippen LogP contribution in [-0.2, 0) is 5.41 Å². The maximum absolute atomic E-state index is 11.2. The van der Waals surface area contributed by atoms with Gasteiger partial charge in [0.1, 0.15) is 11.6 Å². The van der Waals surface area contributed by atoms with Crippen molar-refractivity contribution in [1.29, 1.82) is 0 Å². The number of hydrogen-bond acceptors (Lipinski definition) is 6. The molecule has 7 heteroatoms. The van der Waals surface area contributed by atoms with Crippen LogP contribution in [0.15, 0.2) is 29.1 Å². The van der Waals surface area contributed by atoms with E-state index in [-0.39, 0.29) is 11.0 Å². The van der Waals surface area contributed by atoms with Crippen molar-refractivity contribution in [2.24, 2.45) is 0 Å². The standard InChI is InChI=1S/C18H26N6O/c1-18(2,3)14-7-8-15(21-20-14)19-12-13-6-4-5-11-24(13)16-9-10-17(25)23-22-16/h7-10,13H,4-6,11-12H2,1-3H3,(H,19,21)(H,23,25). The molecule has 2 aromatic rings. The molecule has 0 amide bonds. The zero-order valence-electron chi connectivity index (χ0n) is 15.1. The van der Waals surface area contributed by atoms with Gasteiger partial charge in [0.2, 0.25) is 0 Å². The summed E-state index contributed by atoms with van der Waals surface area (Å²) in [6.45, 7) is 8.09.